The van der Waals surface area contributed by atoms with Gasteiger partial charge in [-0.05, 0) is 19.1 Å². The summed E-state index contributed by atoms with van der Waals surface area (Å²) in [5, 5.41) is 9.80. The smallest absolute Gasteiger partial charge is 0.101 e. The Hall–Kier alpha value is -1.13. The van der Waals surface area contributed by atoms with Crippen LogP contribution in [0, 0.1) is 6.92 Å². The largest absolute Gasteiger partial charge is 0.396 e. The van der Waals surface area contributed by atoms with E-state index in [1.807, 2.05) is 18.3 Å². The van der Waals surface area contributed by atoms with Gasteiger partial charge in [-0.25, -0.2) is 4.98 Å². The zero-order valence-corrected chi connectivity index (χ0v) is 8.77. The first-order valence-electron chi connectivity index (χ1n) is 4.52. The van der Waals surface area contributed by atoms with E-state index in [9.17, 15) is 0 Å². The van der Waals surface area contributed by atoms with Crippen molar-refractivity contribution in [2.75, 3.05) is 6.61 Å². The number of nitrogens with zero attached hydrogens (tertiary/aromatic N) is 1. The molecule has 74 valence electrons. The van der Waals surface area contributed by atoms with Crippen molar-refractivity contribution in [2.45, 2.75) is 13.3 Å². The van der Waals surface area contributed by atoms with Crippen LogP contribution in [-0.2, 0) is 6.42 Å². The Morgan fingerprint density at radius 2 is 2.43 bits per heavy atom. The lowest BCUT2D eigenvalue weighted by Gasteiger charge is -1.92. The maximum atomic E-state index is 8.81. The monoisotopic (exact) mass is 208 g/mol. The van der Waals surface area contributed by atoms with Crippen LogP contribution in [0.5, 0.6) is 0 Å². The maximum Gasteiger partial charge on any atom is 0.101 e. The summed E-state index contributed by atoms with van der Waals surface area (Å²) in [5.74, 6) is 0. The van der Waals surface area contributed by atoms with Crippen molar-refractivity contribution in [3.8, 4) is 11.4 Å². The van der Waals surface area contributed by atoms with E-state index in [1.165, 1.54) is 4.88 Å². The van der Waals surface area contributed by atoms with Gasteiger partial charge in [-0.1, -0.05) is 0 Å². The van der Waals surface area contributed by atoms with Crippen molar-refractivity contribution < 1.29 is 5.11 Å². The highest BCUT2D eigenvalue weighted by atomic mass is 32.1. The van der Waals surface area contributed by atoms with Gasteiger partial charge in [0.05, 0.1) is 10.7 Å². The summed E-state index contributed by atoms with van der Waals surface area (Å²) in [7, 11) is 0. The van der Waals surface area contributed by atoms with E-state index in [2.05, 4.69) is 16.9 Å². The molecule has 0 amide bonds. The molecule has 0 radical (unpaired) electrons. The van der Waals surface area contributed by atoms with Gasteiger partial charge < -0.3 is 10.1 Å². The summed E-state index contributed by atoms with van der Waals surface area (Å²) >= 11 is 1.65. The number of hydrogen-bond acceptors (Lipinski definition) is 3. The van der Waals surface area contributed by atoms with Crippen LogP contribution >= 0.6 is 11.3 Å². The molecule has 0 aliphatic rings. The lowest BCUT2D eigenvalue weighted by Crippen LogP contribution is -1.89. The van der Waals surface area contributed by atoms with Gasteiger partial charge in [0.2, 0.25) is 0 Å². The first-order chi connectivity index (χ1) is 6.81. The number of thiazole rings is 1. The number of aromatic amines is 1. The molecule has 4 heteroatoms. The molecule has 0 saturated heterocycles. The normalized spacial score (nSPS) is 10.7. The van der Waals surface area contributed by atoms with Crippen LogP contribution < -0.4 is 0 Å². The molecular formula is C10H12N2OS. The van der Waals surface area contributed by atoms with Crippen molar-refractivity contribution in [1.82, 2.24) is 9.97 Å². The highest BCUT2D eigenvalue weighted by Gasteiger charge is 2.09. The number of aromatic nitrogens is 2. The molecule has 0 aliphatic carbocycles. The summed E-state index contributed by atoms with van der Waals surface area (Å²) in [4.78, 5) is 8.79. The average Bonchev–Trinajstić information content (AvgIpc) is 2.74. The van der Waals surface area contributed by atoms with E-state index >= 15 is 0 Å². The number of nitrogens with one attached hydrogen (secondary N) is 1. The van der Waals surface area contributed by atoms with Crippen molar-refractivity contribution in [3.05, 3.63) is 28.2 Å². The molecule has 0 fully saturated rings. The second-order valence-electron chi connectivity index (χ2n) is 3.07. The SMILES string of the molecule is Cc1sc(CCO)nc1-c1ccc[nH]1. The van der Waals surface area contributed by atoms with Crippen molar-refractivity contribution in [2.24, 2.45) is 0 Å². The minimum atomic E-state index is 0.164. The summed E-state index contributed by atoms with van der Waals surface area (Å²) < 4.78 is 0. The standard InChI is InChI=1S/C10H12N2OS/c1-7-10(8-3-2-5-11-8)12-9(14-7)4-6-13/h2-3,5,11,13H,4,6H2,1H3. The predicted molar refractivity (Wildman–Crippen MR) is 57.4 cm³/mol. The molecule has 2 heterocycles. The Morgan fingerprint density at radius 3 is 3.07 bits per heavy atom. The first kappa shape index (κ1) is 9.43. The fourth-order valence-electron chi connectivity index (χ4n) is 1.38. The van der Waals surface area contributed by atoms with Gasteiger partial charge in [0.1, 0.15) is 5.69 Å². The number of rotatable bonds is 3. The highest BCUT2D eigenvalue weighted by molar-refractivity contribution is 7.12. The molecule has 3 nitrogen and oxygen atoms in total. The van der Waals surface area contributed by atoms with Crippen LogP contribution in [0.3, 0.4) is 0 Å². The van der Waals surface area contributed by atoms with E-state index in [1.54, 1.807) is 11.3 Å². The Labute approximate surface area is 86.4 Å². The zero-order chi connectivity index (χ0) is 9.97. The molecular weight excluding hydrogens is 196 g/mol. The highest BCUT2D eigenvalue weighted by Crippen LogP contribution is 2.26. The summed E-state index contributed by atoms with van der Waals surface area (Å²) in [6.45, 7) is 2.21. The second kappa shape index (κ2) is 3.94. The van der Waals surface area contributed by atoms with Crippen LogP contribution in [0.25, 0.3) is 11.4 Å². The van der Waals surface area contributed by atoms with Gasteiger partial charge in [-0.3, -0.25) is 0 Å². The molecule has 0 aliphatic heterocycles. The number of hydrogen-bond donors (Lipinski definition) is 2. The fraction of sp³-hybridized carbons (Fsp3) is 0.300. The molecule has 2 N–H and O–H groups in total. The lowest BCUT2D eigenvalue weighted by molar-refractivity contribution is 0.299. The van der Waals surface area contributed by atoms with Crippen molar-refractivity contribution in [1.29, 1.82) is 0 Å². The molecule has 2 aromatic heterocycles. The van der Waals surface area contributed by atoms with Gasteiger partial charge in [0, 0.05) is 24.1 Å². The summed E-state index contributed by atoms with van der Waals surface area (Å²) in [6, 6.07) is 3.96. The van der Waals surface area contributed by atoms with Crippen LogP contribution in [0.4, 0.5) is 0 Å². The molecule has 0 unspecified atom stereocenters. The minimum absolute atomic E-state index is 0.164. The number of aryl methyl sites for hydroxylation is 1. The topological polar surface area (TPSA) is 48.9 Å². The molecule has 0 spiro atoms. The Bertz CT molecular complexity index is 406. The van der Waals surface area contributed by atoms with Crippen molar-refractivity contribution in [3.63, 3.8) is 0 Å². The number of aliphatic hydroxyl groups excluding tert-OH is 1. The molecule has 2 rings (SSSR count). The van der Waals surface area contributed by atoms with Gasteiger partial charge in [-0.2, -0.15) is 0 Å². The Balaban J connectivity index is 2.35. The van der Waals surface area contributed by atoms with E-state index in [4.69, 9.17) is 5.11 Å². The molecule has 0 atom stereocenters. The summed E-state index contributed by atoms with van der Waals surface area (Å²) in [5.41, 5.74) is 2.05. The molecule has 14 heavy (non-hydrogen) atoms. The van der Waals surface area contributed by atoms with Crippen LogP contribution in [0.1, 0.15) is 9.88 Å². The van der Waals surface area contributed by atoms with E-state index < -0.39 is 0 Å². The zero-order valence-electron chi connectivity index (χ0n) is 7.95. The minimum Gasteiger partial charge on any atom is -0.396 e. The lowest BCUT2D eigenvalue weighted by atomic mass is 10.3. The average molecular weight is 208 g/mol. The predicted octanol–water partition coefficient (Wildman–Crippen LogP) is 1.98. The van der Waals surface area contributed by atoms with Crippen LogP contribution in [0.15, 0.2) is 18.3 Å². The summed E-state index contributed by atoms with van der Waals surface area (Å²) in [6.07, 6.45) is 2.53. The fourth-order valence-corrected chi connectivity index (χ4v) is 2.32. The van der Waals surface area contributed by atoms with Gasteiger partial charge in [0.25, 0.3) is 0 Å². The molecule has 0 aromatic carbocycles. The third-order valence-corrected chi connectivity index (χ3v) is 3.05. The Morgan fingerprint density at radius 1 is 1.57 bits per heavy atom. The molecule has 0 bridgehead atoms. The first-order valence-corrected chi connectivity index (χ1v) is 5.34. The third kappa shape index (κ3) is 1.71. The maximum absolute atomic E-state index is 8.81. The van der Waals surface area contributed by atoms with Gasteiger partial charge in [-0.15, -0.1) is 11.3 Å². The number of H-pyrrole nitrogens is 1. The van der Waals surface area contributed by atoms with E-state index in [0.29, 0.717) is 6.42 Å². The van der Waals surface area contributed by atoms with Crippen molar-refractivity contribution >= 4 is 11.3 Å². The van der Waals surface area contributed by atoms with Crippen LogP contribution in [-0.4, -0.2) is 21.7 Å². The van der Waals surface area contributed by atoms with E-state index in [-0.39, 0.29) is 6.61 Å². The van der Waals surface area contributed by atoms with Crippen LogP contribution in [0.2, 0.25) is 0 Å². The molecule has 2 aromatic rings. The van der Waals surface area contributed by atoms with Gasteiger partial charge in [0.15, 0.2) is 0 Å². The van der Waals surface area contributed by atoms with Gasteiger partial charge >= 0.3 is 0 Å². The second-order valence-corrected chi connectivity index (χ2v) is 4.36. The van der Waals surface area contributed by atoms with E-state index in [0.717, 1.165) is 16.4 Å². The third-order valence-electron chi connectivity index (χ3n) is 2.02. The number of aliphatic hydroxyl groups is 1. The molecule has 0 saturated carbocycles. The Kier molecular flexibility index (Phi) is 2.65. The quantitative estimate of drug-likeness (QED) is 0.810.